The Morgan fingerprint density at radius 1 is 1.22 bits per heavy atom. The van der Waals surface area contributed by atoms with E-state index < -0.39 is 0 Å². The number of aliphatic imine (C=N–C) groups is 1. The highest BCUT2D eigenvalue weighted by molar-refractivity contribution is 5.80. The zero-order chi connectivity index (χ0) is 13.0. The van der Waals surface area contributed by atoms with Crippen LogP contribution in [0.15, 0.2) is 46.2 Å². The highest BCUT2D eigenvalue weighted by Gasteiger charge is 2.02. The molecule has 0 bridgehead atoms. The van der Waals surface area contributed by atoms with Crippen LogP contribution in [0.25, 0.3) is 11.3 Å². The number of aliphatic hydroxyl groups is 1. The molecule has 0 fully saturated rings. The molecule has 4 heteroatoms. The van der Waals surface area contributed by atoms with Gasteiger partial charge in [-0.05, 0) is 23.3 Å². The van der Waals surface area contributed by atoms with E-state index in [0.717, 1.165) is 16.8 Å². The van der Waals surface area contributed by atoms with E-state index >= 15 is 0 Å². The number of nitrogens with one attached hydrogen (secondary N) is 1. The molecule has 0 atom stereocenters. The van der Waals surface area contributed by atoms with Crippen molar-refractivity contribution < 1.29 is 5.11 Å². The Kier molecular flexibility index (Phi) is 3.69. The molecule has 92 valence electrons. The maximum Gasteiger partial charge on any atom is 0.253 e. The first-order valence-electron chi connectivity index (χ1n) is 5.60. The summed E-state index contributed by atoms with van der Waals surface area (Å²) in [4.78, 5) is 18.3. The standard InChI is InChI=1S/C14H14N2O2/c1-15-8-10-2-4-11(5-3-10)13-7-6-12(9-17)14(18)16-13/h2-8,17H,9H2,1H3,(H,16,18)/b15-8+. The lowest BCUT2D eigenvalue weighted by Crippen LogP contribution is -2.12. The normalized spacial score (nSPS) is 11.0. The number of hydrogen-bond acceptors (Lipinski definition) is 3. The second-order valence-corrected chi connectivity index (χ2v) is 3.89. The summed E-state index contributed by atoms with van der Waals surface area (Å²) in [7, 11) is 1.72. The monoisotopic (exact) mass is 242 g/mol. The average Bonchev–Trinajstić information content (AvgIpc) is 2.40. The van der Waals surface area contributed by atoms with Crippen molar-refractivity contribution in [3.05, 3.63) is 57.9 Å². The Bertz CT molecular complexity index is 612. The van der Waals surface area contributed by atoms with E-state index in [1.807, 2.05) is 24.3 Å². The molecule has 18 heavy (non-hydrogen) atoms. The number of H-pyrrole nitrogens is 1. The summed E-state index contributed by atoms with van der Waals surface area (Å²) >= 11 is 0. The van der Waals surface area contributed by atoms with Crippen LogP contribution in [0.4, 0.5) is 0 Å². The van der Waals surface area contributed by atoms with E-state index in [4.69, 9.17) is 5.11 Å². The number of aromatic nitrogens is 1. The van der Waals surface area contributed by atoms with Crippen LogP contribution in [0, 0.1) is 0 Å². The van der Waals surface area contributed by atoms with E-state index in [0.29, 0.717) is 5.56 Å². The molecule has 2 N–H and O–H groups in total. The summed E-state index contributed by atoms with van der Waals surface area (Å²) in [5.41, 5.74) is 2.78. The number of aliphatic hydroxyl groups excluding tert-OH is 1. The SMILES string of the molecule is C/N=C/c1ccc(-c2ccc(CO)c(=O)[nH]2)cc1. The molecular weight excluding hydrogens is 228 g/mol. The van der Waals surface area contributed by atoms with Crippen LogP contribution in [0.5, 0.6) is 0 Å². The number of rotatable bonds is 3. The predicted molar refractivity (Wildman–Crippen MR) is 71.9 cm³/mol. The van der Waals surface area contributed by atoms with E-state index in [9.17, 15) is 4.79 Å². The third-order valence-corrected chi connectivity index (χ3v) is 2.66. The van der Waals surface area contributed by atoms with Crippen molar-refractivity contribution in [1.82, 2.24) is 4.98 Å². The fourth-order valence-corrected chi connectivity index (χ4v) is 1.69. The summed E-state index contributed by atoms with van der Waals surface area (Å²) in [5.74, 6) is 0. The largest absolute Gasteiger partial charge is 0.391 e. The van der Waals surface area contributed by atoms with Gasteiger partial charge in [0.1, 0.15) is 0 Å². The summed E-state index contributed by atoms with van der Waals surface area (Å²) in [6, 6.07) is 11.1. The molecule has 0 spiro atoms. The van der Waals surface area contributed by atoms with Gasteiger partial charge in [0.2, 0.25) is 0 Å². The van der Waals surface area contributed by atoms with Crippen molar-refractivity contribution in [3.63, 3.8) is 0 Å². The molecule has 1 aromatic carbocycles. The minimum atomic E-state index is -0.255. The van der Waals surface area contributed by atoms with Crippen LogP contribution in [0.2, 0.25) is 0 Å². The molecular formula is C14H14N2O2. The first kappa shape index (κ1) is 12.3. The Labute approximate surface area is 105 Å². The van der Waals surface area contributed by atoms with Crippen molar-refractivity contribution in [2.75, 3.05) is 7.05 Å². The van der Waals surface area contributed by atoms with Crippen molar-refractivity contribution in [2.24, 2.45) is 4.99 Å². The summed E-state index contributed by atoms with van der Waals surface area (Å²) in [6.45, 7) is -0.248. The zero-order valence-corrected chi connectivity index (χ0v) is 10.1. The fraction of sp³-hybridized carbons (Fsp3) is 0.143. The van der Waals surface area contributed by atoms with Crippen LogP contribution in [0.1, 0.15) is 11.1 Å². The smallest absolute Gasteiger partial charge is 0.253 e. The zero-order valence-electron chi connectivity index (χ0n) is 10.1. The predicted octanol–water partition coefficient (Wildman–Crippen LogP) is 1.58. The molecule has 0 saturated heterocycles. The highest BCUT2D eigenvalue weighted by Crippen LogP contribution is 2.16. The quantitative estimate of drug-likeness (QED) is 0.802. The lowest BCUT2D eigenvalue weighted by molar-refractivity contribution is 0.280. The first-order chi connectivity index (χ1) is 8.74. The molecule has 0 amide bonds. The Morgan fingerprint density at radius 2 is 1.94 bits per heavy atom. The van der Waals surface area contributed by atoms with E-state index in [2.05, 4.69) is 9.98 Å². The third kappa shape index (κ3) is 2.55. The van der Waals surface area contributed by atoms with Gasteiger partial charge >= 0.3 is 0 Å². The lowest BCUT2D eigenvalue weighted by Gasteiger charge is -2.03. The van der Waals surface area contributed by atoms with Crippen LogP contribution >= 0.6 is 0 Å². The van der Waals surface area contributed by atoms with Crippen LogP contribution in [-0.4, -0.2) is 23.4 Å². The topological polar surface area (TPSA) is 65.5 Å². The molecule has 0 unspecified atom stereocenters. The van der Waals surface area contributed by atoms with Gasteiger partial charge in [-0.3, -0.25) is 9.79 Å². The van der Waals surface area contributed by atoms with Crippen LogP contribution in [-0.2, 0) is 6.61 Å². The van der Waals surface area contributed by atoms with E-state index in [1.54, 1.807) is 25.4 Å². The maximum absolute atomic E-state index is 11.6. The molecule has 0 aliphatic heterocycles. The minimum Gasteiger partial charge on any atom is -0.391 e. The number of benzene rings is 1. The second kappa shape index (κ2) is 5.42. The van der Waals surface area contributed by atoms with Gasteiger partial charge in [0.25, 0.3) is 5.56 Å². The third-order valence-electron chi connectivity index (χ3n) is 2.66. The molecule has 1 aromatic heterocycles. The number of nitrogens with zero attached hydrogens (tertiary/aromatic N) is 1. The number of aromatic amines is 1. The molecule has 1 heterocycles. The van der Waals surface area contributed by atoms with E-state index in [1.165, 1.54) is 0 Å². The van der Waals surface area contributed by atoms with E-state index in [-0.39, 0.29) is 12.2 Å². The second-order valence-electron chi connectivity index (χ2n) is 3.89. The van der Waals surface area contributed by atoms with Crippen molar-refractivity contribution in [1.29, 1.82) is 0 Å². The Hall–Kier alpha value is -2.20. The Morgan fingerprint density at radius 3 is 2.50 bits per heavy atom. The minimum absolute atomic E-state index is 0.248. The molecule has 4 nitrogen and oxygen atoms in total. The van der Waals surface area contributed by atoms with Gasteiger partial charge in [-0.15, -0.1) is 0 Å². The molecule has 0 aliphatic rings. The number of pyridine rings is 1. The first-order valence-corrected chi connectivity index (χ1v) is 5.60. The van der Waals surface area contributed by atoms with Gasteiger partial charge in [-0.2, -0.15) is 0 Å². The van der Waals surface area contributed by atoms with Crippen LogP contribution in [0.3, 0.4) is 0 Å². The molecule has 0 radical (unpaired) electrons. The Balaban J connectivity index is 2.37. The molecule has 0 saturated carbocycles. The molecule has 0 aliphatic carbocycles. The van der Waals surface area contributed by atoms with Gasteiger partial charge in [0.05, 0.1) is 6.61 Å². The fourth-order valence-electron chi connectivity index (χ4n) is 1.69. The summed E-state index contributed by atoms with van der Waals surface area (Å²) in [5, 5.41) is 8.94. The van der Waals surface area contributed by atoms with Gasteiger partial charge in [0.15, 0.2) is 0 Å². The lowest BCUT2D eigenvalue weighted by atomic mass is 10.1. The highest BCUT2D eigenvalue weighted by atomic mass is 16.3. The average molecular weight is 242 g/mol. The molecule has 2 rings (SSSR count). The van der Waals surface area contributed by atoms with Gasteiger partial charge in [0, 0.05) is 24.5 Å². The van der Waals surface area contributed by atoms with Gasteiger partial charge < -0.3 is 10.1 Å². The summed E-state index contributed by atoms with van der Waals surface area (Å²) < 4.78 is 0. The van der Waals surface area contributed by atoms with Crippen LogP contribution < -0.4 is 5.56 Å². The maximum atomic E-state index is 11.6. The summed E-state index contributed by atoms with van der Waals surface area (Å²) in [6.07, 6.45) is 1.77. The number of hydrogen-bond donors (Lipinski definition) is 2. The van der Waals surface area contributed by atoms with Crippen molar-refractivity contribution in [3.8, 4) is 11.3 Å². The molecule has 2 aromatic rings. The van der Waals surface area contributed by atoms with Gasteiger partial charge in [-0.25, -0.2) is 0 Å². The van der Waals surface area contributed by atoms with Crippen molar-refractivity contribution >= 4 is 6.21 Å². The van der Waals surface area contributed by atoms with Crippen molar-refractivity contribution in [2.45, 2.75) is 6.61 Å². The van der Waals surface area contributed by atoms with Gasteiger partial charge in [-0.1, -0.05) is 24.3 Å².